The number of nitrogens with one attached hydrogen (secondary N) is 2. The zero-order valence-corrected chi connectivity index (χ0v) is 11.4. The summed E-state index contributed by atoms with van der Waals surface area (Å²) < 4.78 is 1.76. The van der Waals surface area contributed by atoms with E-state index in [9.17, 15) is 4.79 Å². The maximum absolute atomic E-state index is 12.0. The third kappa shape index (κ3) is 3.32. The third-order valence-corrected chi connectivity index (χ3v) is 3.39. The summed E-state index contributed by atoms with van der Waals surface area (Å²) in [5, 5.41) is 10.8. The summed E-state index contributed by atoms with van der Waals surface area (Å²) in [5.74, 6) is 0.0558. The van der Waals surface area contributed by atoms with E-state index in [1.165, 1.54) is 0 Å². The molecule has 1 aromatic rings. The molecule has 2 rings (SSSR count). The molecular weight excluding hydrogens is 228 g/mol. The molecule has 18 heavy (non-hydrogen) atoms. The molecule has 0 bridgehead atoms. The predicted molar refractivity (Wildman–Crippen MR) is 70.3 cm³/mol. The highest BCUT2D eigenvalue weighted by atomic mass is 16.2. The lowest BCUT2D eigenvalue weighted by Gasteiger charge is -2.28. The lowest BCUT2D eigenvalue weighted by Crippen LogP contribution is -2.47. The van der Waals surface area contributed by atoms with Crippen LogP contribution in [0.4, 0.5) is 0 Å². The first-order valence-electron chi connectivity index (χ1n) is 6.58. The molecule has 0 spiro atoms. The molecule has 0 aliphatic carbocycles. The number of aromatic nitrogens is 2. The van der Waals surface area contributed by atoms with Crippen molar-refractivity contribution in [2.24, 2.45) is 0 Å². The van der Waals surface area contributed by atoms with Crippen molar-refractivity contribution < 1.29 is 4.79 Å². The number of rotatable bonds is 3. The second kappa shape index (κ2) is 5.52. The fourth-order valence-electron chi connectivity index (χ4n) is 2.51. The second-order valence-electron chi connectivity index (χ2n) is 5.23. The molecule has 1 aliphatic heterocycles. The second-order valence-corrected chi connectivity index (χ2v) is 5.23. The molecule has 1 amide bonds. The molecule has 100 valence electrons. The van der Waals surface area contributed by atoms with Crippen LogP contribution in [0.2, 0.25) is 0 Å². The minimum atomic E-state index is 0.0558. The minimum absolute atomic E-state index is 0.0558. The number of nitrogens with zero attached hydrogens (tertiary/aromatic N) is 2. The quantitative estimate of drug-likeness (QED) is 0.832. The molecule has 1 fully saturated rings. The first kappa shape index (κ1) is 13.1. The fraction of sp³-hybridized carbons (Fsp3) is 0.692. The SMILES string of the molecule is Cc1cc(C)n(CC(=O)NC2CCNC(C)C2)n1. The van der Waals surface area contributed by atoms with Gasteiger partial charge in [-0.2, -0.15) is 5.10 Å². The molecule has 1 aromatic heterocycles. The van der Waals surface area contributed by atoms with Gasteiger partial charge in [0.05, 0.1) is 5.69 Å². The van der Waals surface area contributed by atoms with E-state index in [-0.39, 0.29) is 5.91 Å². The lowest BCUT2D eigenvalue weighted by atomic mass is 10.0. The van der Waals surface area contributed by atoms with E-state index in [2.05, 4.69) is 22.7 Å². The summed E-state index contributed by atoms with van der Waals surface area (Å²) in [5.41, 5.74) is 1.98. The Hall–Kier alpha value is -1.36. The lowest BCUT2D eigenvalue weighted by molar-refractivity contribution is -0.122. The topological polar surface area (TPSA) is 59.0 Å². The van der Waals surface area contributed by atoms with E-state index >= 15 is 0 Å². The summed E-state index contributed by atoms with van der Waals surface area (Å²) in [7, 11) is 0. The van der Waals surface area contributed by atoms with Gasteiger partial charge in [0.1, 0.15) is 6.54 Å². The average Bonchev–Trinajstić information content (AvgIpc) is 2.57. The van der Waals surface area contributed by atoms with Gasteiger partial charge in [0.15, 0.2) is 0 Å². The van der Waals surface area contributed by atoms with Crippen LogP contribution in [0.3, 0.4) is 0 Å². The van der Waals surface area contributed by atoms with Crippen LogP contribution >= 0.6 is 0 Å². The zero-order valence-electron chi connectivity index (χ0n) is 11.4. The van der Waals surface area contributed by atoms with Crippen LogP contribution < -0.4 is 10.6 Å². The highest BCUT2D eigenvalue weighted by molar-refractivity contribution is 5.76. The Bertz CT molecular complexity index is 427. The number of hydrogen-bond donors (Lipinski definition) is 2. The molecule has 5 heteroatoms. The largest absolute Gasteiger partial charge is 0.352 e. The van der Waals surface area contributed by atoms with E-state index in [1.807, 2.05) is 19.9 Å². The normalized spacial score (nSPS) is 23.9. The van der Waals surface area contributed by atoms with Gasteiger partial charge >= 0.3 is 0 Å². The van der Waals surface area contributed by atoms with Crippen LogP contribution in [0.15, 0.2) is 6.07 Å². The van der Waals surface area contributed by atoms with Gasteiger partial charge in [0.25, 0.3) is 0 Å². The maximum atomic E-state index is 12.0. The fourth-order valence-corrected chi connectivity index (χ4v) is 2.51. The Morgan fingerprint density at radius 2 is 2.39 bits per heavy atom. The summed E-state index contributed by atoms with van der Waals surface area (Å²) in [4.78, 5) is 12.0. The molecule has 1 saturated heterocycles. The monoisotopic (exact) mass is 250 g/mol. The van der Waals surface area contributed by atoms with Crippen molar-refractivity contribution in [3.63, 3.8) is 0 Å². The van der Waals surface area contributed by atoms with Crippen molar-refractivity contribution in [3.05, 3.63) is 17.5 Å². The van der Waals surface area contributed by atoms with Crippen LogP contribution in [0.1, 0.15) is 31.2 Å². The molecule has 2 unspecified atom stereocenters. The van der Waals surface area contributed by atoms with E-state index < -0.39 is 0 Å². The molecule has 1 aliphatic rings. The molecular formula is C13H22N4O. The van der Waals surface area contributed by atoms with Crippen LogP contribution in [0, 0.1) is 13.8 Å². The van der Waals surface area contributed by atoms with Gasteiger partial charge in [0, 0.05) is 17.8 Å². The Morgan fingerprint density at radius 1 is 1.61 bits per heavy atom. The Kier molecular flexibility index (Phi) is 4.01. The first-order valence-corrected chi connectivity index (χ1v) is 6.58. The Morgan fingerprint density at radius 3 is 3.00 bits per heavy atom. The van der Waals surface area contributed by atoms with Crippen molar-refractivity contribution in [1.29, 1.82) is 0 Å². The number of hydrogen-bond acceptors (Lipinski definition) is 3. The van der Waals surface area contributed by atoms with Gasteiger partial charge in [-0.3, -0.25) is 9.48 Å². The summed E-state index contributed by atoms with van der Waals surface area (Å²) in [6.07, 6.45) is 2.01. The molecule has 0 saturated carbocycles. The first-order chi connectivity index (χ1) is 8.54. The summed E-state index contributed by atoms with van der Waals surface area (Å²) >= 11 is 0. The molecule has 2 heterocycles. The van der Waals surface area contributed by atoms with Crippen molar-refractivity contribution in [1.82, 2.24) is 20.4 Å². The maximum Gasteiger partial charge on any atom is 0.241 e. The van der Waals surface area contributed by atoms with Crippen LogP contribution in [0.25, 0.3) is 0 Å². The molecule has 2 atom stereocenters. The van der Waals surface area contributed by atoms with Gasteiger partial charge in [-0.15, -0.1) is 0 Å². The van der Waals surface area contributed by atoms with Crippen molar-refractivity contribution >= 4 is 5.91 Å². The van der Waals surface area contributed by atoms with Gasteiger partial charge in [0.2, 0.25) is 5.91 Å². The smallest absolute Gasteiger partial charge is 0.241 e. The molecule has 2 N–H and O–H groups in total. The highest BCUT2D eigenvalue weighted by Crippen LogP contribution is 2.08. The molecule has 0 radical (unpaired) electrons. The van der Waals surface area contributed by atoms with Gasteiger partial charge in [-0.05, 0) is 46.2 Å². The van der Waals surface area contributed by atoms with Crippen molar-refractivity contribution in [2.45, 2.75) is 52.2 Å². The van der Waals surface area contributed by atoms with Crippen LogP contribution in [0.5, 0.6) is 0 Å². The zero-order chi connectivity index (χ0) is 13.1. The van der Waals surface area contributed by atoms with E-state index in [0.29, 0.717) is 18.6 Å². The highest BCUT2D eigenvalue weighted by Gasteiger charge is 2.20. The summed E-state index contributed by atoms with van der Waals surface area (Å²) in [6.45, 7) is 7.36. The minimum Gasteiger partial charge on any atom is -0.352 e. The van der Waals surface area contributed by atoms with Gasteiger partial charge in [-0.25, -0.2) is 0 Å². The van der Waals surface area contributed by atoms with E-state index in [0.717, 1.165) is 30.8 Å². The standard InChI is InChI=1S/C13H22N4O/c1-9-7-12(4-5-14-9)15-13(18)8-17-11(3)6-10(2)16-17/h6,9,12,14H,4-5,7-8H2,1-3H3,(H,15,18). The predicted octanol–water partition coefficient (Wildman–Crippen LogP) is 0.757. The van der Waals surface area contributed by atoms with Gasteiger partial charge < -0.3 is 10.6 Å². The van der Waals surface area contributed by atoms with Gasteiger partial charge in [-0.1, -0.05) is 0 Å². The number of amides is 1. The molecule has 0 aromatic carbocycles. The van der Waals surface area contributed by atoms with Crippen LogP contribution in [-0.4, -0.2) is 34.3 Å². The van der Waals surface area contributed by atoms with E-state index in [4.69, 9.17) is 0 Å². The van der Waals surface area contributed by atoms with Crippen molar-refractivity contribution in [2.75, 3.05) is 6.54 Å². The Balaban J connectivity index is 1.86. The number of carbonyl (C=O) groups excluding carboxylic acids is 1. The molecule has 5 nitrogen and oxygen atoms in total. The number of piperidine rings is 1. The summed E-state index contributed by atoms with van der Waals surface area (Å²) in [6, 6.07) is 2.77. The number of carbonyl (C=O) groups is 1. The third-order valence-electron chi connectivity index (χ3n) is 3.39. The van der Waals surface area contributed by atoms with E-state index in [1.54, 1.807) is 4.68 Å². The average molecular weight is 250 g/mol. The Labute approximate surface area is 108 Å². The van der Waals surface area contributed by atoms with Crippen molar-refractivity contribution in [3.8, 4) is 0 Å². The number of aryl methyl sites for hydroxylation is 2. The van der Waals surface area contributed by atoms with Crippen LogP contribution in [-0.2, 0) is 11.3 Å².